The van der Waals surface area contributed by atoms with Gasteiger partial charge in [-0.15, -0.1) is 0 Å². The number of esters is 1. The highest BCUT2D eigenvalue weighted by atomic mass is 16.5. The van der Waals surface area contributed by atoms with Gasteiger partial charge >= 0.3 is 17.8 Å². The van der Waals surface area contributed by atoms with Crippen molar-refractivity contribution in [3.05, 3.63) is 47.3 Å². The predicted octanol–water partition coefficient (Wildman–Crippen LogP) is 1.74. The lowest BCUT2D eigenvalue weighted by molar-refractivity contribution is -0.144. The number of pyridine rings is 1. The monoisotopic (exact) mass is 451 g/mol. The van der Waals surface area contributed by atoms with Crippen LogP contribution in [0.5, 0.6) is 0 Å². The molecule has 1 unspecified atom stereocenters. The molecular formula is C21H21N7O5. The number of aromatic nitrogens is 6. The number of fused-ring (bicyclic) bond motifs is 2. The van der Waals surface area contributed by atoms with Crippen LogP contribution in [0.4, 0.5) is 4.79 Å². The van der Waals surface area contributed by atoms with Crippen LogP contribution >= 0.6 is 0 Å². The van der Waals surface area contributed by atoms with E-state index in [1.807, 2.05) is 24.4 Å². The smallest absolute Gasteiger partial charge is 0.407 e. The molecule has 1 fully saturated rings. The summed E-state index contributed by atoms with van der Waals surface area (Å²) in [4.78, 5) is 46.7. The largest absolute Gasteiger partial charge is 0.465 e. The molecule has 1 aliphatic rings. The first-order chi connectivity index (χ1) is 15.9. The third-order valence-electron chi connectivity index (χ3n) is 5.80. The number of carbonyl (C=O) groups is 2. The molecule has 0 saturated carbocycles. The Kier molecular flexibility index (Phi) is 5.04. The quantitative estimate of drug-likeness (QED) is 0.463. The Morgan fingerprint density at radius 2 is 2.09 bits per heavy atom. The number of likely N-dealkylation sites (tertiary alicyclic amines) is 1. The minimum Gasteiger partial charge on any atom is -0.465 e. The van der Waals surface area contributed by atoms with E-state index in [9.17, 15) is 19.5 Å². The number of carbonyl (C=O) groups excluding carboxylic acids is 1. The summed E-state index contributed by atoms with van der Waals surface area (Å²) in [5.41, 5.74) is 1.81. The summed E-state index contributed by atoms with van der Waals surface area (Å²) < 4.78 is 9.56. The van der Waals surface area contributed by atoms with Gasteiger partial charge in [-0.3, -0.25) is 13.9 Å². The van der Waals surface area contributed by atoms with Crippen molar-refractivity contribution in [1.29, 1.82) is 0 Å². The minimum atomic E-state index is -1.03. The van der Waals surface area contributed by atoms with E-state index in [0.29, 0.717) is 41.9 Å². The number of rotatable bonds is 4. The molecule has 5 rings (SSSR count). The number of imidazole rings is 1. The molecule has 4 aromatic heterocycles. The second-order valence-electron chi connectivity index (χ2n) is 7.86. The van der Waals surface area contributed by atoms with Crippen molar-refractivity contribution in [2.24, 2.45) is 0 Å². The van der Waals surface area contributed by atoms with E-state index >= 15 is 0 Å². The zero-order valence-electron chi connectivity index (χ0n) is 17.8. The van der Waals surface area contributed by atoms with Gasteiger partial charge in [0.15, 0.2) is 18.2 Å². The SMILES string of the molecule is CC(=O)OCn1c(=O)n(C2CCCN(C(=O)O)C2)c2nc(-c3cnn4ccccc34)ncc21. The Balaban J connectivity index is 1.67. The van der Waals surface area contributed by atoms with Gasteiger partial charge in [0.2, 0.25) is 0 Å². The number of nitrogens with zero attached hydrogens (tertiary/aromatic N) is 7. The summed E-state index contributed by atoms with van der Waals surface area (Å²) in [7, 11) is 0. The van der Waals surface area contributed by atoms with E-state index in [-0.39, 0.29) is 13.3 Å². The summed E-state index contributed by atoms with van der Waals surface area (Å²) in [5.74, 6) is -0.144. The van der Waals surface area contributed by atoms with Gasteiger partial charge < -0.3 is 14.7 Å². The number of ether oxygens (including phenoxy) is 1. The molecule has 0 radical (unpaired) electrons. The van der Waals surface area contributed by atoms with E-state index in [4.69, 9.17) is 9.72 Å². The highest BCUT2D eigenvalue weighted by molar-refractivity contribution is 5.80. The topological polar surface area (TPSA) is 137 Å². The molecule has 0 aliphatic carbocycles. The van der Waals surface area contributed by atoms with Crippen LogP contribution < -0.4 is 5.69 Å². The zero-order valence-corrected chi connectivity index (χ0v) is 17.8. The number of hydrogen-bond donors (Lipinski definition) is 1. The average Bonchev–Trinajstić information content (AvgIpc) is 3.35. The van der Waals surface area contributed by atoms with Gasteiger partial charge in [-0.1, -0.05) is 6.07 Å². The standard InChI is InChI=1S/C21H21N7O5/c1-13(29)33-12-26-17-10-22-18(15-9-23-27-8-3-2-6-16(15)27)24-19(17)28(20(26)30)14-5-4-7-25(11-14)21(31)32/h2-3,6,8-10,14H,4-5,7,11-12H2,1H3,(H,31,32). The number of amides is 1. The molecule has 0 aromatic carbocycles. The average molecular weight is 451 g/mol. The molecule has 1 aliphatic heterocycles. The fourth-order valence-electron chi connectivity index (χ4n) is 4.24. The fourth-order valence-corrected chi connectivity index (χ4v) is 4.24. The lowest BCUT2D eigenvalue weighted by Gasteiger charge is -2.31. The summed E-state index contributed by atoms with van der Waals surface area (Å²) in [6.07, 6.45) is 5.19. The first-order valence-electron chi connectivity index (χ1n) is 10.5. The van der Waals surface area contributed by atoms with Gasteiger partial charge in [0.1, 0.15) is 5.52 Å². The molecular weight excluding hydrogens is 430 g/mol. The van der Waals surface area contributed by atoms with Crippen LogP contribution in [0.2, 0.25) is 0 Å². The molecule has 1 amide bonds. The third-order valence-corrected chi connectivity index (χ3v) is 5.80. The summed E-state index contributed by atoms with van der Waals surface area (Å²) in [6.45, 7) is 1.55. The van der Waals surface area contributed by atoms with Gasteiger partial charge in [-0.2, -0.15) is 5.10 Å². The fraction of sp³-hybridized carbons (Fsp3) is 0.333. The van der Waals surface area contributed by atoms with Crippen molar-refractivity contribution < 1.29 is 19.4 Å². The zero-order chi connectivity index (χ0) is 23.1. The van der Waals surface area contributed by atoms with Crippen LogP contribution in [-0.4, -0.2) is 63.9 Å². The normalized spacial score (nSPS) is 16.4. The van der Waals surface area contributed by atoms with Crippen LogP contribution in [-0.2, 0) is 16.3 Å². The molecule has 1 saturated heterocycles. The summed E-state index contributed by atoms with van der Waals surface area (Å²) in [5, 5.41) is 13.8. The molecule has 5 heterocycles. The maximum absolute atomic E-state index is 13.4. The van der Waals surface area contributed by atoms with E-state index in [1.165, 1.54) is 27.2 Å². The number of carboxylic acid groups (broad SMARTS) is 1. The van der Waals surface area contributed by atoms with Gasteiger partial charge in [0.25, 0.3) is 0 Å². The Morgan fingerprint density at radius 3 is 2.88 bits per heavy atom. The first kappa shape index (κ1) is 20.7. The van der Waals surface area contributed by atoms with Crippen molar-refractivity contribution in [2.45, 2.75) is 32.5 Å². The lowest BCUT2D eigenvalue weighted by Crippen LogP contribution is -2.42. The van der Waals surface area contributed by atoms with Crippen molar-refractivity contribution in [1.82, 2.24) is 33.6 Å². The number of hydrogen-bond acceptors (Lipinski definition) is 7. The molecule has 12 heteroatoms. The molecule has 12 nitrogen and oxygen atoms in total. The highest BCUT2D eigenvalue weighted by Gasteiger charge is 2.29. The van der Waals surface area contributed by atoms with Crippen molar-refractivity contribution in [2.75, 3.05) is 13.1 Å². The van der Waals surface area contributed by atoms with Gasteiger partial charge in [-0.25, -0.2) is 24.1 Å². The Bertz CT molecular complexity index is 1440. The van der Waals surface area contributed by atoms with Gasteiger partial charge in [-0.05, 0) is 25.0 Å². The van der Waals surface area contributed by atoms with Crippen molar-refractivity contribution in [3.63, 3.8) is 0 Å². The Labute approximate surface area is 186 Å². The maximum atomic E-state index is 13.4. The maximum Gasteiger partial charge on any atom is 0.407 e. The van der Waals surface area contributed by atoms with Crippen LogP contribution in [0, 0.1) is 0 Å². The van der Waals surface area contributed by atoms with Crippen LogP contribution in [0.25, 0.3) is 28.1 Å². The molecule has 0 bridgehead atoms. The van der Waals surface area contributed by atoms with Crippen LogP contribution in [0.3, 0.4) is 0 Å². The Hall–Kier alpha value is -4.22. The Morgan fingerprint density at radius 1 is 1.24 bits per heavy atom. The van der Waals surface area contributed by atoms with Crippen LogP contribution in [0.15, 0.2) is 41.6 Å². The van der Waals surface area contributed by atoms with E-state index in [2.05, 4.69) is 10.1 Å². The first-order valence-corrected chi connectivity index (χ1v) is 10.5. The van der Waals surface area contributed by atoms with Crippen molar-refractivity contribution >= 4 is 28.7 Å². The summed E-state index contributed by atoms with van der Waals surface area (Å²) >= 11 is 0. The minimum absolute atomic E-state index is 0.165. The highest BCUT2D eigenvalue weighted by Crippen LogP contribution is 2.27. The second kappa shape index (κ2) is 8.04. The molecule has 4 aromatic rings. The molecule has 33 heavy (non-hydrogen) atoms. The van der Waals surface area contributed by atoms with Gasteiger partial charge in [0, 0.05) is 26.2 Å². The van der Waals surface area contributed by atoms with Crippen LogP contribution in [0.1, 0.15) is 25.8 Å². The molecule has 1 atom stereocenters. The molecule has 0 spiro atoms. The molecule has 170 valence electrons. The van der Waals surface area contributed by atoms with E-state index in [1.54, 1.807) is 10.7 Å². The van der Waals surface area contributed by atoms with E-state index < -0.39 is 23.8 Å². The van der Waals surface area contributed by atoms with E-state index in [0.717, 1.165) is 5.52 Å². The second-order valence-corrected chi connectivity index (χ2v) is 7.86. The van der Waals surface area contributed by atoms with Gasteiger partial charge in [0.05, 0.1) is 29.5 Å². The summed E-state index contributed by atoms with van der Waals surface area (Å²) in [6, 6.07) is 5.22. The number of piperidine rings is 1. The van der Waals surface area contributed by atoms with Crippen molar-refractivity contribution in [3.8, 4) is 11.4 Å². The third kappa shape index (κ3) is 3.58. The molecule has 1 N–H and O–H groups in total. The lowest BCUT2D eigenvalue weighted by atomic mass is 10.1. The predicted molar refractivity (Wildman–Crippen MR) is 116 cm³/mol.